The van der Waals surface area contributed by atoms with Crippen molar-refractivity contribution in [1.29, 1.82) is 0 Å². The molecule has 0 aliphatic carbocycles. The number of hydrogen-bond acceptors (Lipinski definition) is 1. The van der Waals surface area contributed by atoms with Crippen LogP contribution in [0.3, 0.4) is 0 Å². The van der Waals surface area contributed by atoms with Crippen molar-refractivity contribution in [3.05, 3.63) is 15.0 Å². The van der Waals surface area contributed by atoms with Crippen LogP contribution in [0.15, 0.2) is 0 Å². The van der Waals surface area contributed by atoms with Gasteiger partial charge in [0.05, 0.1) is 0 Å². The molecule has 0 aliphatic heterocycles. The lowest BCUT2D eigenvalue weighted by molar-refractivity contribution is 0.362. The Morgan fingerprint density at radius 1 is 1.00 bits per heavy atom. The highest BCUT2D eigenvalue weighted by Gasteiger charge is 2.31. The number of rotatable bonds is 10. The summed E-state index contributed by atoms with van der Waals surface area (Å²) in [5.41, 5.74) is 3.17. The SMILES string of the molecule is CCCCCCC(C)(CCCCC)c1c(I)nn(C)c1C. The van der Waals surface area contributed by atoms with Gasteiger partial charge in [0.1, 0.15) is 3.70 Å². The van der Waals surface area contributed by atoms with Crippen molar-refractivity contribution >= 4 is 22.6 Å². The summed E-state index contributed by atoms with van der Waals surface area (Å²) in [5, 5.41) is 4.65. The van der Waals surface area contributed by atoms with Crippen molar-refractivity contribution in [3.8, 4) is 0 Å². The van der Waals surface area contributed by atoms with E-state index in [-0.39, 0.29) is 0 Å². The summed E-state index contributed by atoms with van der Waals surface area (Å²) < 4.78 is 3.27. The van der Waals surface area contributed by atoms with Crippen LogP contribution < -0.4 is 0 Å². The first-order valence-corrected chi connectivity index (χ1v) is 9.73. The molecule has 0 aliphatic rings. The molecule has 0 amide bonds. The Morgan fingerprint density at radius 2 is 1.52 bits per heavy atom. The fraction of sp³-hybridized carbons (Fsp3) is 0.833. The second-order valence-electron chi connectivity index (χ2n) is 6.70. The van der Waals surface area contributed by atoms with Crippen molar-refractivity contribution in [3.63, 3.8) is 0 Å². The maximum absolute atomic E-state index is 4.65. The zero-order chi connectivity index (χ0) is 15.9. The molecular formula is C18H33IN2. The molecular weight excluding hydrogens is 371 g/mol. The first-order chi connectivity index (χ1) is 9.96. The monoisotopic (exact) mass is 404 g/mol. The minimum absolute atomic E-state index is 0.303. The first kappa shape index (κ1) is 19.0. The van der Waals surface area contributed by atoms with E-state index in [9.17, 15) is 0 Å². The third kappa shape index (κ3) is 5.26. The molecule has 0 aromatic carbocycles. The highest BCUT2D eigenvalue weighted by molar-refractivity contribution is 14.1. The van der Waals surface area contributed by atoms with E-state index in [0.29, 0.717) is 5.41 Å². The Bertz CT molecular complexity index is 425. The van der Waals surface area contributed by atoms with Crippen molar-refractivity contribution in [2.24, 2.45) is 7.05 Å². The molecule has 0 saturated carbocycles. The average Bonchev–Trinajstić information content (AvgIpc) is 2.69. The zero-order valence-electron chi connectivity index (χ0n) is 14.6. The molecule has 1 heterocycles. The summed E-state index contributed by atoms with van der Waals surface area (Å²) in [7, 11) is 2.07. The smallest absolute Gasteiger partial charge is 0.127 e. The van der Waals surface area contributed by atoms with E-state index in [1.54, 1.807) is 0 Å². The molecule has 0 radical (unpaired) electrons. The van der Waals surface area contributed by atoms with Gasteiger partial charge in [0.2, 0.25) is 0 Å². The fourth-order valence-corrected chi connectivity index (χ4v) is 4.70. The van der Waals surface area contributed by atoms with Crippen LogP contribution in [0.25, 0.3) is 0 Å². The Balaban J connectivity index is 2.88. The van der Waals surface area contributed by atoms with E-state index in [1.165, 1.54) is 72.7 Å². The van der Waals surface area contributed by atoms with Gasteiger partial charge in [-0.1, -0.05) is 65.7 Å². The highest BCUT2D eigenvalue weighted by Crippen LogP contribution is 2.39. The number of aryl methyl sites for hydroxylation is 1. The third-order valence-electron chi connectivity index (χ3n) is 4.81. The van der Waals surface area contributed by atoms with Crippen LogP contribution >= 0.6 is 22.6 Å². The van der Waals surface area contributed by atoms with E-state index < -0.39 is 0 Å². The largest absolute Gasteiger partial charge is 0.272 e. The highest BCUT2D eigenvalue weighted by atomic mass is 127. The molecule has 1 rings (SSSR count). The molecule has 122 valence electrons. The van der Waals surface area contributed by atoms with Crippen LogP contribution in [0.2, 0.25) is 0 Å². The van der Waals surface area contributed by atoms with Crippen LogP contribution in [-0.2, 0) is 12.5 Å². The van der Waals surface area contributed by atoms with Gasteiger partial charge in [0.15, 0.2) is 0 Å². The van der Waals surface area contributed by atoms with E-state index in [1.807, 2.05) is 0 Å². The van der Waals surface area contributed by atoms with Crippen molar-refractivity contribution in [2.75, 3.05) is 0 Å². The molecule has 0 bridgehead atoms. The van der Waals surface area contributed by atoms with Gasteiger partial charge in [-0.25, -0.2) is 0 Å². The van der Waals surface area contributed by atoms with Gasteiger partial charge >= 0.3 is 0 Å². The van der Waals surface area contributed by atoms with Gasteiger partial charge in [-0.15, -0.1) is 0 Å². The van der Waals surface area contributed by atoms with Crippen molar-refractivity contribution < 1.29 is 0 Å². The summed E-state index contributed by atoms with van der Waals surface area (Å²) >= 11 is 2.43. The summed E-state index contributed by atoms with van der Waals surface area (Å²) in [6.45, 7) is 9.28. The van der Waals surface area contributed by atoms with Crippen LogP contribution in [0.1, 0.15) is 89.8 Å². The van der Waals surface area contributed by atoms with E-state index in [0.717, 1.165) is 0 Å². The molecule has 0 saturated heterocycles. The van der Waals surface area contributed by atoms with E-state index in [4.69, 9.17) is 0 Å². The molecule has 2 nitrogen and oxygen atoms in total. The fourth-order valence-electron chi connectivity index (χ4n) is 3.34. The third-order valence-corrected chi connectivity index (χ3v) is 5.56. The van der Waals surface area contributed by atoms with Gasteiger partial charge < -0.3 is 0 Å². The number of nitrogens with zero attached hydrogens (tertiary/aromatic N) is 2. The predicted octanol–water partition coefficient (Wildman–Crippen LogP) is 6.14. The molecule has 0 spiro atoms. The summed E-state index contributed by atoms with van der Waals surface area (Å²) in [4.78, 5) is 0. The lowest BCUT2D eigenvalue weighted by Crippen LogP contribution is -2.24. The lowest BCUT2D eigenvalue weighted by Gasteiger charge is -2.30. The van der Waals surface area contributed by atoms with Crippen molar-refractivity contribution in [2.45, 2.75) is 90.9 Å². The standard InChI is InChI=1S/C18H33IN2/c1-6-8-10-12-14-18(4,13-11-9-7-2)16-15(3)21(5)20-17(16)19/h6-14H2,1-5H3. The van der Waals surface area contributed by atoms with E-state index >= 15 is 0 Å². The van der Waals surface area contributed by atoms with Gasteiger partial charge in [0.25, 0.3) is 0 Å². The van der Waals surface area contributed by atoms with Crippen LogP contribution in [0.4, 0.5) is 0 Å². The second kappa shape index (κ2) is 9.16. The normalized spacial score (nSPS) is 14.4. The maximum atomic E-state index is 4.65. The lowest BCUT2D eigenvalue weighted by atomic mass is 9.74. The van der Waals surface area contributed by atoms with Crippen LogP contribution in [0.5, 0.6) is 0 Å². The summed E-state index contributed by atoms with van der Waals surface area (Å²) in [6, 6.07) is 0. The number of aromatic nitrogens is 2. The molecule has 0 N–H and O–H groups in total. The Morgan fingerprint density at radius 3 is 2.00 bits per heavy atom. The molecule has 0 fully saturated rings. The Kier molecular flexibility index (Phi) is 8.28. The Hall–Kier alpha value is -0.0600. The number of hydrogen-bond donors (Lipinski definition) is 0. The number of unbranched alkanes of at least 4 members (excludes halogenated alkanes) is 5. The molecule has 3 heteroatoms. The first-order valence-electron chi connectivity index (χ1n) is 8.65. The molecule has 1 aromatic heterocycles. The maximum Gasteiger partial charge on any atom is 0.127 e. The van der Waals surface area contributed by atoms with Crippen LogP contribution in [-0.4, -0.2) is 9.78 Å². The molecule has 21 heavy (non-hydrogen) atoms. The summed E-state index contributed by atoms with van der Waals surface area (Å²) in [5.74, 6) is 0. The molecule has 1 atom stereocenters. The van der Waals surface area contributed by atoms with Gasteiger partial charge in [-0.05, 0) is 47.8 Å². The van der Waals surface area contributed by atoms with Gasteiger partial charge in [0, 0.05) is 18.3 Å². The average molecular weight is 404 g/mol. The molecule has 1 aromatic rings. The summed E-state index contributed by atoms with van der Waals surface area (Å²) in [6.07, 6.45) is 12.0. The topological polar surface area (TPSA) is 17.8 Å². The second-order valence-corrected chi connectivity index (χ2v) is 7.73. The van der Waals surface area contributed by atoms with Crippen LogP contribution in [0, 0.1) is 10.6 Å². The number of halogens is 1. The van der Waals surface area contributed by atoms with Crippen molar-refractivity contribution in [1.82, 2.24) is 9.78 Å². The van der Waals surface area contributed by atoms with Gasteiger partial charge in [-0.2, -0.15) is 5.10 Å². The molecule has 1 unspecified atom stereocenters. The predicted molar refractivity (Wildman–Crippen MR) is 101 cm³/mol. The quantitative estimate of drug-likeness (QED) is 0.338. The van der Waals surface area contributed by atoms with Gasteiger partial charge in [-0.3, -0.25) is 4.68 Å². The Labute approximate surface area is 145 Å². The van der Waals surface area contributed by atoms with E-state index in [2.05, 4.69) is 67.1 Å². The minimum Gasteiger partial charge on any atom is -0.272 e. The zero-order valence-corrected chi connectivity index (χ0v) is 16.8. The minimum atomic E-state index is 0.303.